The number of hydrogen-bond donors (Lipinski definition) is 1. The summed E-state index contributed by atoms with van der Waals surface area (Å²) in [4.78, 5) is 6.70. The van der Waals surface area contributed by atoms with Crippen molar-refractivity contribution in [2.75, 3.05) is 44.8 Å². The predicted octanol–water partition coefficient (Wildman–Crippen LogP) is 4.08. The average molecular weight is 423 g/mol. The van der Waals surface area contributed by atoms with Gasteiger partial charge in [-0.05, 0) is 24.3 Å². The molecule has 1 aliphatic heterocycles. The minimum absolute atomic E-state index is 0.482. The number of fused-ring (bicyclic) bond motifs is 1. The lowest BCUT2D eigenvalue weighted by Crippen LogP contribution is -2.38. The second-order valence-corrected chi connectivity index (χ2v) is 7.52. The van der Waals surface area contributed by atoms with Gasteiger partial charge in [0.25, 0.3) is 0 Å². The lowest BCUT2D eigenvalue weighted by Gasteiger charge is -2.26. The highest BCUT2D eigenvalue weighted by atomic mass is 35.5. The lowest BCUT2D eigenvalue weighted by molar-refractivity contribution is 0.0322. The van der Waals surface area contributed by atoms with Gasteiger partial charge in [-0.1, -0.05) is 29.8 Å². The van der Waals surface area contributed by atoms with Gasteiger partial charge in [0.2, 0.25) is 0 Å². The van der Waals surface area contributed by atoms with Crippen molar-refractivity contribution in [1.29, 1.82) is 5.26 Å². The van der Waals surface area contributed by atoms with Gasteiger partial charge in [0, 0.05) is 48.3 Å². The number of nitriles is 1. The van der Waals surface area contributed by atoms with Crippen molar-refractivity contribution in [3.63, 3.8) is 0 Å². The van der Waals surface area contributed by atoms with E-state index in [1.54, 1.807) is 12.3 Å². The average Bonchev–Trinajstić information content (AvgIpc) is 2.79. The standard InChI is InChI=1S/C23H23ClN4O2/c24-19-5-6-21-20(13-19)23(18(14-25)16-26-21)27-15-17-3-1-2-4-22(17)30-12-9-28-7-10-29-11-8-28/h1-6,13,16H,7-12,15H2,(H,26,27). The smallest absolute Gasteiger partial charge is 0.124 e. The van der Waals surface area contributed by atoms with Crippen LogP contribution < -0.4 is 10.1 Å². The van der Waals surface area contributed by atoms with Gasteiger partial charge in [0.15, 0.2) is 0 Å². The molecule has 0 amide bonds. The summed E-state index contributed by atoms with van der Waals surface area (Å²) < 4.78 is 11.5. The summed E-state index contributed by atoms with van der Waals surface area (Å²) in [5.41, 5.74) is 3.02. The molecule has 0 atom stereocenters. The second-order valence-electron chi connectivity index (χ2n) is 7.08. The van der Waals surface area contributed by atoms with Gasteiger partial charge in [-0.2, -0.15) is 5.26 Å². The molecule has 7 heteroatoms. The highest BCUT2D eigenvalue weighted by Gasteiger charge is 2.12. The van der Waals surface area contributed by atoms with Crippen LogP contribution in [0.5, 0.6) is 5.75 Å². The maximum Gasteiger partial charge on any atom is 0.124 e. The number of aromatic nitrogens is 1. The third-order valence-electron chi connectivity index (χ3n) is 5.15. The molecule has 6 nitrogen and oxygen atoms in total. The highest BCUT2D eigenvalue weighted by molar-refractivity contribution is 6.31. The molecule has 0 aliphatic carbocycles. The van der Waals surface area contributed by atoms with E-state index in [1.165, 1.54) is 0 Å². The number of benzene rings is 2. The van der Waals surface area contributed by atoms with E-state index in [0.29, 0.717) is 23.7 Å². The highest BCUT2D eigenvalue weighted by Crippen LogP contribution is 2.29. The molecule has 30 heavy (non-hydrogen) atoms. The van der Waals surface area contributed by atoms with Crippen molar-refractivity contribution in [3.05, 3.63) is 64.8 Å². The minimum Gasteiger partial charge on any atom is -0.492 e. The van der Waals surface area contributed by atoms with Crippen molar-refractivity contribution in [3.8, 4) is 11.8 Å². The Morgan fingerprint density at radius 3 is 2.87 bits per heavy atom. The molecule has 1 fully saturated rings. The quantitative estimate of drug-likeness (QED) is 0.618. The molecule has 2 aromatic carbocycles. The number of pyridine rings is 1. The van der Waals surface area contributed by atoms with E-state index in [2.05, 4.69) is 21.3 Å². The summed E-state index contributed by atoms with van der Waals surface area (Å²) in [6.07, 6.45) is 1.59. The van der Waals surface area contributed by atoms with Crippen LogP contribution in [0.2, 0.25) is 5.02 Å². The van der Waals surface area contributed by atoms with E-state index < -0.39 is 0 Å². The fourth-order valence-corrected chi connectivity index (χ4v) is 3.70. The number of anilines is 1. The van der Waals surface area contributed by atoms with Crippen molar-refractivity contribution in [2.45, 2.75) is 6.54 Å². The van der Waals surface area contributed by atoms with Gasteiger partial charge in [0.05, 0.1) is 30.0 Å². The monoisotopic (exact) mass is 422 g/mol. The van der Waals surface area contributed by atoms with Crippen LogP contribution in [0.1, 0.15) is 11.1 Å². The number of rotatable bonds is 7. The fourth-order valence-electron chi connectivity index (χ4n) is 3.52. The number of hydrogen-bond acceptors (Lipinski definition) is 6. The summed E-state index contributed by atoms with van der Waals surface area (Å²) >= 11 is 6.18. The summed E-state index contributed by atoms with van der Waals surface area (Å²) in [6, 6.07) is 15.6. The Kier molecular flexibility index (Phi) is 6.65. The van der Waals surface area contributed by atoms with Gasteiger partial charge in [-0.15, -0.1) is 0 Å². The molecule has 2 heterocycles. The molecule has 0 radical (unpaired) electrons. The molecule has 4 rings (SSSR count). The van der Waals surface area contributed by atoms with Crippen LogP contribution in [-0.2, 0) is 11.3 Å². The lowest BCUT2D eigenvalue weighted by atomic mass is 10.1. The Morgan fingerprint density at radius 1 is 1.20 bits per heavy atom. The SMILES string of the molecule is N#Cc1cnc2ccc(Cl)cc2c1NCc1ccccc1OCCN1CCOCC1. The van der Waals surface area contributed by atoms with Crippen molar-refractivity contribution in [1.82, 2.24) is 9.88 Å². The van der Waals surface area contributed by atoms with Gasteiger partial charge in [-0.25, -0.2) is 0 Å². The van der Waals surface area contributed by atoms with Crippen LogP contribution >= 0.6 is 11.6 Å². The normalized spacial score (nSPS) is 14.4. The second kappa shape index (κ2) is 9.77. The number of ether oxygens (including phenoxy) is 2. The first-order chi connectivity index (χ1) is 14.7. The van der Waals surface area contributed by atoms with Crippen molar-refractivity contribution >= 4 is 28.2 Å². The first kappa shape index (κ1) is 20.4. The number of para-hydroxylation sites is 1. The Hall–Kier alpha value is -2.85. The Bertz CT molecular complexity index is 1060. The molecule has 1 aromatic heterocycles. The minimum atomic E-state index is 0.482. The molecule has 0 spiro atoms. The molecule has 0 bridgehead atoms. The van der Waals surface area contributed by atoms with Crippen LogP contribution in [0.15, 0.2) is 48.7 Å². The van der Waals surface area contributed by atoms with Crippen LogP contribution in [0.4, 0.5) is 5.69 Å². The Balaban J connectivity index is 1.48. The zero-order chi connectivity index (χ0) is 20.8. The number of nitrogens with one attached hydrogen (secondary N) is 1. The zero-order valence-electron chi connectivity index (χ0n) is 16.6. The van der Waals surface area contributed by atoms with Crippen LogP contribution in [0, 0.1) is 11.3 Å². The third-order valence-corrected chi connectivity index (χ3v) is 5.38. The molecule has 154 valence electrons. The van der Waals surface area contributed by atoms with E-state index >= 15 is 0 Å². The summed E-state index contributed by atoms with van der Waals surface area (Å²) in [7, 11) is 0. The predicted molar refractivity (Wildman–Crippen MR) is 118 cm³/mol. The zero-order valence-corrected chi connectivity index (χ0v) is 17.4. The first-order valence-electron chi connectivity index (χ1n) is 9.97. The van der Waals surface area contributed by atoms with Crippen molar-refractivity contribution in [2.24, 2.45) is 0 Å². The number of morpholine rings is 1. The maximum atomic E-state index is 9.54. The number of halogens is 1. The molecule has 3 aromatic rings. The number of nitrogens with zero attached hydrogens (tertiary/aromatic N) is 3. The molecule has 1 aliphatic rings. The Morgan fingerprint density at radius 2 is 2.03 bits per heavy atom. The molecule has 1 saturated heterocycles. The third kappa shape index (κ3) is 4.82. The molecular weight excluding hydrogens is 400 g/mol. The topological polar surface area (TPSA) is 70.4 Å². The van der Waals surface area contributed by atoms with E-state index in [9.17, 15) is 5.26 Å². The van der Waals surface area contributed by atoms with Crippen molar-refractivity contribution < 1.29 is 9.47 Å². The van der Waals surface area contributed by atoms with E-state index in [4.69, 9.17) is 21.1 Å². The van der Waals surface area contributed by atoms with E-state index in [0.717, 1.165) is 60.8 Å². The molecule has 0 saturated carbocycles. The molecule has 1 N–H and O–H groups in total. The van der Waals surface area contributed by atoms with E-state index in [-0.39, 0.29) is 0 Å². The molecular formula is C23H23ClN4O2. The van der Waals surface area contributed by atoms with Gasteiger partial charge in [0.1, 0.15) is 18.4 Å². The van der Waals surface area contributed by atoms with Gasteiger partial charge < -0.3 is 14.8 Å². The van der Waals surface area contributed by atoms with Crippen LogP contribution in [0.25, 0.3) is 10.9 Å². The van der Waals surface area contributed by atoms with Gasteiger partial charge in [-0.3, -0.25) is 9.88 Å². The fraction of sp³-hybridized carbons (Fsp3) is 0.304. The summed E-state index contributed by atoms with van der Waals surface area (Å²) in [5, 5.41) is 14.4. The summed E-state index contributed by atoms with van der Waals surface area (Å²) in [6.45, 7) is 5.47. The van der Waals surface area contributed by atoms with Crippen LogP contribution in [-0.4, -0.2) is 49.3 Å². The van der Waals surface area contributed by atoms with Crippen LogP contribution in [0.3, 0.4) is 0 Å². The molecule has 0 unspecified atom stereocenters. The van der Waals surface area contributed by atoms with E-state index in [1.807, 2.05) is 36.4 Å². The maximum absolute atomic E-state index is 9.54. The summed E-state index contributed by atoms with van der Waals surface area (Å²) in [5.74, 6) is 0.841. The first-order valence-corrected chi connectivity index (χ1v) is 10.4. The van der Waals surface area contributed by atoms with Gasteiger partial charge >= 0.3 is 0 Å². The largest absolute Gasteiger partial charge is 0.492 e. The Labute approximate surface area is 181 Å².